The number of carbonyl (C=O) groups is 2. The first-order chi connectivity index (χ1) is 12.4. The molecule has 0 saturated carbocycles. The summed E-state index contributed by atoms with van der Waals surface area (Å²) in [6.07, 6.45) is 2.78. The third kappa shape index (κ3) is 5.46. The van der Waals surface area contributed by atoms with Crippen molar-refractivity contribution < 1.29 is 14.3 Å². The number of esters is 1. The van der Waals surface area contributed by atoms with E-state index >= 15 is 0 Å². The number of hydrogen-bond acceptors (Lipinski definition) is 4. The van der Waals surface area contributed by atoms with Crippen molar-refractivity contribution in [3.05, 3.63) is 52.8 Å². The Morgan fingerprint density at radius 2 is 2.00 bits per heavy atom. The van der Waals surface area contributed by atoms with Crippen LogP contribution in [0.3, 0.4) is 0 Å². The largest absolute Gasteiger partial charge is 0.452 e. The number of aryl methyl sites for hydroxylation is 1. The van der Waals surface area contributed by atoms with Gasteiger partial charge in [0.05, 0.1) is 11.4 Å². The summed E-state index contributed by atoms with van der Waals surface area (Å²) in [7, 11) is 0. The van der Waals surface area contributed by atoms with Gasteiger partial charge in [0.15, 0.2) is 6.61 Å². The Labute approximate surface area is 157 Å². The van der Waals surface area contributed by atoms with Crippen LogP contribution in [0.1, 0.15) is 25.1 Å². The second-order valence-corrected chi connectivity index (χ2v) is 6.53. The van der Waals surface area contributed by atoms with Crippen molar-refractivity contribution in [2.45, 2.75) is 20.8 Å². The predicted molar refractivity (Wildman–Crippen MR) is 101 cm³/mol. The standard InChI is InChI=1S/C19H22ClN3O3/c1-13(2)11-21-17(24)12-26-18(25)10-9-16-14(3)22-23(19(16)20)15-7-5-4-6-8-15/h4-10,13H,11-12H2,1-3H3,(H,21,24)/b10-9+. The summed E-state index contributed by atoms with van der Waals surface area (Å²) in [6, 6.07) is 9.45. The van der Waals surface area contributed by atoms with E-state index in [0.717, 1.165) is 5.69 Å². The van der Waals surface area contributed by atoms with E-state index in [1.54, 1.807) is 17.7 Å². The molecule has 0 aliphatic heterocycles. The molecule has 0 radical (unpaired) electrons. The van der Waals surface area contributed by atoms with E-state index in [0.29, 0.717) is 28.9 Å². The second kappa shape index (κ2) is 9.20. The molecule has 1 aromatic carbocycles. The fourth-order valence-electron chi connectivity index (χ4n) is 2.15. The zero-order valence-corrected chi connectivity index (χ0v) is 15.8. The van der Waals surface area contributed by atoms with Gasteiger partial charge < -0.3 is 10.1 Å². The van der Waals surface area contributed by atoms with Crippen LogP contribution in [0.15, 0.2) is 36.4 Å². The maximum atomic E-state index is 11.8. The molecule has 7 heteroatoms. The molecule has 0 saturated heterocycles. The molecule has 0 unspecified atom stereocenters. The maximum Gasteiger partial charge on any atom is 0.331 e. The Bertz CT molecular complexity index is 798. The molecular formula is C19H22ClN3O3. The van der Waals surface area contributed by atoms with E-state index in [1.165, 1.54) is 6.08 Å². The number of ether oxygens (including phenoxy) is 1. The van der Waals surface area contributed by atoms with E-state index in [2.05, 4.69) is 10.4 Å². The number of nitrogens with one attached hydrogen (secondary N) is 1. The number of nitrogens with zero attached hydrogens (tertiary/aromatic N) is 2. The van der Waals surface area contributed by atoms with Crippen LogP contribution in [0.4, 0.5) is 0 Å². The van der Waals surface area contributed by atoms with Gasteiger partial charge in [0.2, 0.25) is 0 Å². The SMILES string of the molecule is Cc1nn(-c2ccccc2)c(Cl)c1/C=C/C(=O)OCC(=O)NCC(C)C. The van der Waals surface area contributed by atoms with Gasteiger partial charge in [-0.15, -0.1) is 0 Å². The zero-order valence-electron chi connectivity index (χ0n) is 15.0. The number of para-hydroxylation sites is 1. The van der Waals surface area contributed by atoms with Crippen molar-refractivity contribution in [2.75, 3.05) is 13.2 Å². The molecule has 0 atom stereocenters. The number of aromatic nitrogens is 2. The first-order valence-corrected chi connectivity index (χ1v) is 8.68. The lowest BCUT2D eigenvalue weighted by molar-refractivity contribution is -0.143. The van der Waals surface area contributed by atoms with Crippen molar-refractivity contribution in [3.63, 3.8) is 0 Å². The molecule has 0 spiro atoms. The van der Waals surface area contributed by atoms with Crippen molar-refractivity contribution in [3.8, 4) is 5.69 Å². The van der Waals surface area contributed by atoms with Crippen LogP contribution in [-0.2, 0) is 14.3 Å². The van der Waals surface area contributed by atoms with Crippen molar-refractivity contribution in [1.82, 2.24) is 15.1 Å². The molecular weight excluding hydrogens is 354 g/mol. The van der Waals surface area contributed by atoms with Crippen molar-refractivity contribution in [2.24, 2.45) is 5.92 Å². The quantitative estimate of drug-likeness (QED) is 0.596. The van der Waals surface area contributed by atoms with Crippen LogP contribution in [0, 0.1) is 12.8 Å². The topological polar surface area (TPSA) is 73.2 Å². The molecule has 0 aliphatic carbocycles. The highest BCUT2D eigenvalue weighted by atomic mass is 35.5. The van der Waals surface area contributed by atoms with Crippen LogP contribution < -0.4 is 5.32 Å². The summed E-state index contributed by atoms with van der Waals surface area (Å²) in [6.45, 7) is 5.99. The number of benzene rings is 1. The smallest absolute Gasteiger partial charge is 0.331 e. The van der Waals surface area contributed by atoms with Crippen LogP contribution in [0.5, 0.6) is 0 Å². The summed E-state index contributed by atoms with van der Waals surface area (Å²) in [5.41, 5.74) is 2.12. The average Bonchev–Trinajstić information content (AvgIpc) is 2.91. The Morgan fingerprint density at radius 1 is 1.31 bits per heavy atom. The first-order valence-electron chi connectivity index (χ1n) is 8.30. The minimum atomic E-state index is -0.618. The van der Waals surface area contributed by atoms with E-state index in [-0.39, 0.29) is 12.5 Å². The number of halogens is 1. The van der Waals surface area contributed by atoms with Gasteiger partial charge in [-0.05, 0) is 31.1 Å². The number of carbonyl (C=O) groups excluding carboxylic acids is 2. The molecule has 2 aromatic rings. The van der Waals surface area contributed by atoms with Gasteiger partial charge >= 0.3 is 5.97 Å². The van der Waals surface area contributed by atoms with Crippen molar-refractivity contribution >= 4 is 29.6 Å². The van der Waals surface area contributed by atoms with E-state index in [1.807, 2.05) is 44.2 Å². The van der Waals surface area contributed by atoms with Gasteiger partial charge in [-0.1, -0.05) is 43.6 Å². The lowest BCUT2D eigenvalue weighted by Crippen LogP contribution is -2.31. The highest BCUT2D eigenvalue weighted by Gasteiger charge is 2.13. The lowest BCUT2D eigenvalue weighted by atomic mass is 10.2. The molecule has 1 heterocycles. The molecule has 1 aromatic heterocycles. The summed E-state index contributed by atoms with van der Waals surface area (Å²) in [5, 5.41) is 7.46. The van der Waals surface area contributed by atoms with Gasteiger partial charge in [-0.3, -0.25) is 4.79 Å². The number of amides is 1. The summed E-state index contributed by atoms with van der Waals surface area (Å²) >= 11 is 6.38. The lowest BCUT2D eigenvalue weighted by Gasteiger charge is -2.07. The zero-order chi connectivity index (χ0) is 19.1. The molecule has 6 nitrogen and oxygen atoms in total. The van der Waals surface area contributed by atoms with E-state index < -0.39 is 5.97 Å². The van der Waals surface area contributed by atoms with E-state index in [9.17, 15) is 9.59 Å². The van der Waals surface area contributed by atoms with Crippen molar-refractivity contribution in [1.29, 1.82) is 0 Å². The number of hydrogen-bond donors (Lipinski definition) is 1. The monoisotopic (exact) mass is 375 g/mol. The van der Waals surface area contributed by atoms with Crippen LogP contribution >= 0.6 is 11.6 Å². The first kappa shape index (κ1) is 19.7. The highest BCUT2D eigenvalue weighted by molar-refractivity contribution is 6.31. The Balaban J connectivity index is 1.99. The summed E-state index contributed by atoms with van der Waals surface area (Å²) in [5.74, 6) is -0.611. The van der Waals surface area contributed by atoms with Gasteiger partial charge in [-0.25, -0.2) is 9.48 Å². The Morgan fingerprint density at radius 3 is 2.65 bits per heavy atom. The maximum absolute atomic E-state index is 11.8. The predicted octanol–water partition coefficient (Wildman–Crippen LogP) is 3.16. The summed E-state index contributed by atoms with van der Waals surface area (Å²) in [4.78, 5) is 23.3. The van der Waals surface area contributed by atoms with Gasteiger partial charge in [0.25, 0.3) is 5.91 Å². The Hall–Kier alpha value is -2.60. The van der Waals surface area contributed by atoms with Crippen LogP contribution in [-0.4, -0.2) is 34.8 Å². The van der Waals surface area contributed by atoms with E-state index in [4.69, 9.17) is 16.3 Å². The number of rotatable bonds is 7. The minimum absolute atomic E-state index is 0.314. The molecule has 1 N–H and O–H groups in total. The molecule has 26 heavy (non-hydrogen) atoms. The third-order valence-electron chi connectivity index (χ3n) is 3.49. The summed E-state index contributed by atoms with van der Waals surface area (Å²) < 4.78 is 6.52. The molecule has 138 valence electrons. The molecule has 0 bridgehead atoms. The molecule has 1 amide bonds. The van der Waals surface area contributed by atoms with Crippen LogP contribution in [0.25, 0.3) is 11.8 Å². The van der Waals surface area contributed by atoms with Gasteiger partial charge in [0, 0.05) is 18.2 Å². The fraction of sp³-hybridized carbons (Fsp3) is 0.316. The minimum Gasteiger partial charge on any atom is -0.452 e. The normalized spacial score (nSPS) is 11.1. The van der Waals surface area contributed by atoms with Gasteiger partial charge in [-0.2, -0.15) is 5.10 Å². The fourth-order valence-corrected chi connectivity index (χ4v) is 2.48. The second-order valence-electron chi connectivity index (χ2n) is 6.18. The molecule has 0 fully saturated rings. The highest BCUT2D eigenvalue weighted by Crippen LogP contribution is 2.24. The molecule has 0 aliphatic rings. The third-order valence-corrected chi connectivity index (χ3v) is 3.85. The van der Waals surface area contributed by atoms with Gasteiger partial charge in [0.1, 0.15) is 5.15 Å². The molecule has 2 rings (SSSR count). The van der Waals surface area contributed by atoms with Crippen LogP contribution in [0.2, 0.25) is 5.15 Å². The Kier molecular flexibility index (Phi) is 6.97. The average molecular weight is 376 g/mol.